The highest BCUT2D eigenvalue weighted by Crippen LogP contribution is 2.60. The van der Waals surface area contributed by atoms with Crippen LogP contribution in [0.1, 0.15) is 69.3 Å². The second-order valence-electron chi connectivity index (χ2n) is 14.1. The van der Waals surface area contributed by atoms with Gasteiger partial charge in [-0.15, -0.1) is 0 Å². The third-order valence-corrected chi connectivity index (χ3v) is 9.73. The standard InChI is InChI=1S/C38H43F3N4O6/c1-20(2)31(43-19-46)29-12-10-22(5)30(35-44-24(18-49-35)17-37(39,40)41)33(50-29)38-25-8-6-7-9-27(25)45-36(38)51-28-13-11-23(16-26(28)38)14-15-42-34(48)32(47)21(3)4/h6-9,11-13,16,18-22,31-32,36,45,47H,10,14-15,17H2,1-5H3,(H,42,48)(H,43,46). The molecule has 5 atom stereocenters. The topological polar surface area (TPSA) is 135 Å². The Bertz CT molecular complexity index is 1850. The van der Waals surface area contributed by atoms with E-state index in [1.807, 2.05) is 69.3 Å². The Labute approximate surface area is 294 Å². The summed E-state index contributed by atoms with van der Waals surface area (Å²) in [5, 5.41) is 19.4. The molecule has 0 radical (unpaired) electrons. The summed E-state index contributed by atoms with van der Waals surface area (Å²) in [5.74, 6) is 0.302. The van der Waals surface area contributed by atoms with E-state index in [2.05, 4.69) is 20.9 Å². The highest BCUT2D eigenvalue weighted by molar-refractivity contribution is 5.81. The largest absolute Gasteiger partial charge is 0.469 e. The van der Waals surface area contributed by atoms with Crippen molar-refractivity contribution >= 4 is 23.6 Å². The van der Waals surface area contributed by atoms with Gasteiger partial charge in [0.2, 0.25) is 18.2 Å². The number of alkyl halides is 3. The molecule has 4 N–H and O–H groups in total. The van der Waals surface area contributed by atoms with E-state index in [0.717, 1.165) is 28.6 Å². The highest BCUT2D eigenvalue weighted by atomic mass is 19.4. The van der Waals surface area contributed by atoms with Gasteiger partial charge in [0, 0.05) is 17.8 Å². The molecule has 0 saturated heterocycles. The maximum atomic E-state index is 13.5. The molecule has 0 aliphatic carbocycles. The molecule has 0 saturated carbocycles. The molecule has 10 nitrogen and oxygen atoms in total. The van der Waals surface area contributed by atoms with Crippen LogP contribution in [0.5, 0.6) is 5.75 Å². The SMILES string of the molecule is CC1CC=C(C(NC=O)C(C)C)OC(C23c4ccccc4NC2Oc2ccc(CCNC(=O)C(O)C(C)C)cc23)=C1c1nc(CC(F)(F)F)co1. The number of halogens is 3. The van der Waals surface area contributed by atoms with Crippen molar-refractivity contribution in [3.05, 3.63) is 94.6 Å². The summed E-state index contributed by atoms with van der Waals surface area (Å²) in [4.78, 5) is 28.6. The number of anilines is 1. The Kier molecular flexibility index (Phi) is 9.95. The van der Waals surface area contributed by atoms with Gasteiger partial charge in [0.25, 0.3) is 0 Å². The number of hydrogen-bond acceptors (Lipinski definition) is 8. The zero-order chi connectivity index (χ0) is 36.7. The zero-order valence-corrected chi connectivity index (χ0v) is 29.1. The fourth-order valence-electron chi connectivity index (χ4n) is 7.15. The molecule has 0 bridgehead atoms. The van der Waals surface area contributed by atoms with Crippen LogP contribution < -0.4 is 20.7 Å². The second-order valence-corrected chi connectivity index (χ2v) is 14.1. The number of rotatable bonds is 12. The Morgan fingerprint density at radius 2 is 1.90 bits per heavy atom. The summed E-state index contributed by atoms with van der Waals surface area (Å²) in [5.41, 5.74) is 2.23. The highest BCUT2D eigenvalue weighted by Gasteiger charge is 2.61. The number of nitrogens with one attached hydrogen (secondary N) is 3. The third kappa shape index (κ3) is 6.83. The van der Waals surface area contributed by atoms with Gasteiger partial charge in [-0.3, -0.25) is 9.59 Å². The number of nitrogens with zero attached hydrogens (tertiary/aromatic N) is 1. The summed E-state index contributed by atoms with van der Waals surface area (Å²) >= 11 is 0. The first-order chi connectivity index (χ1) is 24.2. The van der Waals surface area contributed by atoms with Crippen molar-refractivity contribution in [1.29, 1.82) is 0 Å². The Morgan fingerprint density at radius 1 is 1.14 bits per heavy atom. The molecule has 0 fully saturated rings. The van der Waals surface area contributed by atoms with Crippen LogP contribution in [0.4, 0.5) is 18.9 Å². The zero-order valence-electron chi connectivity index (χ0n) is 29.1. The van der Waals surface area contributed by atoms with E-state index >= 15 is 0 Å². The summed E-state index contributed by atoms with van der Waals surface area (Å²) < 4.78 is 59.9. The van der Waals surface area contributed by atoms with E-state index in [4.69, 9.17) is 13.9 Å². The predicted molar refractivity (Wildman–Crippen MR) is 183 cm³/mol. The maximum Gasteiger partial charge on any atom is 0.394 e. The van der Waals surface area contributed by atoms with Crippen LogP contribution in [-0.4, -0.2) is 53.5 Å². The molecule has 2 amide bonds. The number of benzene rings is 2. The van der Waals surface area contributed by atoms with E-state index in [1.54, 1.807) is 13.8 Å². The van der Waals surface area contributed by atoms with Crippen molar-refractivity contribution in [2.24, 2.45) is 17.8 Å². The first-order valence-electron chi connectivity index (χ1n) is 17.2. The molecule has 3 aromatic rings. The number of oxazole rings is 1. The molecular weight excluding hydrogens is 665 g/mol. The fraction of sp³-hybridized carbons (Fsp3) is 0.447. The van der Waals surface area contributed by atoms with Crippen LogP contribution in [-0.2, 0) is 32.6 Å². The van der Waals surface area contributed by atoms with Crippen LogP contribution in [0.15, 0.2) is 70.7 Å². The van der Waals surface area contributed by atoms with Gasteiger partial charge in [0.1, 0.15) is 35.0 Å². The minimum absolute atomic E-state index is 0.00405. The Balaban J connectivity index is 1.54. The number of para-hydroxylation sites is 1. The number of aliphatic hydroxyl groups excluding tert-OH is 1. The first kappa shape index (κ1) is 36.0. The molecule has 4 heterocycles. The maximum absolute atomic E-state index is 13.5. The summed E-state index contributed by atoms with van der Waals surface area (Å²) in [7, 11) is 0. The van der Waals surface area contributed by atoms with Crippen molar-refractivity contribution < 1.29 is 41.8 Å². The smallest absolute Gasteiger partial charge is 0.394 e. The average molecular weight is 709 g/mol. The lowest BCUT2D eigenvalue weighted by atomic mass is 9.71. The third-order valence-electron chi connectivity index (χ3n) is 9.73. The minimum atomic E-state index is -4.49. The normalized spacial score (nSPS) is 22.1. The number of carbonyl (C=O) groups excluding carboxylic acids is 2. The lowest BCUT2D eigenvalue weighted by Crippen LogP contribution is -2.43. The molecule has 272 valence electrons. The molecule has 1 aromatic heterocycles. The second kappa shape index (κ2) is 14.1. The van der Waals surface area contributed by atoms with Crippen molar-refractivity contribution in [3.8, 4) is 5.75 Å². The number of amides is 2. The Morgan fingerprint density at radius 3 is 2.61 bits per heavy atom. The summed E-state index contributed by atoms with van der Waals surface area (Å²) in [6.45, 7) is 9.64. The van der Waals surface area contributed by atoms with Crippen LogP contribution in [0.2, 0.25) is 0 Å². The number of allylic oxidation sites excluding steroid dienone is 2. The number of ether oxygens (including phenoxy) is 2. The lowest BCUT2D eigenvalue weighted by Gasteiger charge is -2.35. The molecule has 3 aliphatic heterocycles. The molecule has 5 unspecified atom stereocenters. The van der Waals surface area contributed by atoms with Crippen LogP contribution in [0.3, 0.4) is 0 Å². The number of aromatic nitrogens is 1. The van der Waals surface area contributed by atoms with Gasteiger partial charge in [-0.1, -0.05) is 65.0 Å². The number of fused-ring (bicyclic) bond motifs is 5. The van der Waals surface area contributed by atoms with Gasteiger partial charge in [-0.05, 0) is 59.9 Å². The van der Waals surface area contributed by atoms with Crippen LogP contribution in [0.25, 0.3) is 5.57 Å². The Hall–Kier alpha value is -4.78. The van der Waals surface area contributed by atoms with Crippen LogP contribution in [0, 0.1) is 17.8 Å². The van der Waals surface area contributed by atoms with Gasteiger partial charge in [0.15, 0.2) is 6.23 Å². The first-order valence-corrected chi connectivity index (χ1v) is 17.2. The molecule has 13 heteroatoms. The van der Waals surface area contributed by atoms with E-state index in [9.17, 15) is 27.9 Å². The van der Waals surface area contributed by atoms with Gasteiger partial charge >= 0.3 is 6.18 Å². The van der Waals surface area contributed by atoms with Crippen molar-refractivity contribution in [1.82, 2.24) is 15.6 Å². The van der Waals surface area contributed by atoms with E-state index in [-0.39, 0.29) is 35.9 Å². The molecular formula is C38H43F3N4O6. The summed E-state index contributed by atoms with van der Waals surface area (Å²) in [6.07, 6.45) is -3.20. The quantitative estimate of drug-likeness (QED) is 0.168. The monoisotopic (exact) mass is 708 g/mol. The van der Waals surface area contributed by atoms with Gasteiger partial charge in [0.05, 0.1) is 23.7 Å². The average Bonchev–Trinajstić information content (AvgIpc) is 3.71. The van der Waals surface area contributed by atoms with Gasteiger partial charge in [-0.25, -0.2) is 4.98 Å². The van der Waals surface area contributed by atoms with Crippen LogP contribution >= 0.6 is 0 Å². The number of carbonyl (C=O) groups is 2. The predicted octanol–water partition coefficient (Wildman–Crippen LogP) is 6.01. The summed E-state index contributed by atoms with van der Waals surface area (Å²) in [6, 6.07) is 12.9. The molecule has 3 aliphatic rings. The minimum Gasteiger partial charge on any atom is -0.469 e. The van der Waals surface area contributed by atoms with Crippen molar-refractivity contribution in [2.75, 3.05) is 11.9 Å². The number of aliphatic hydroxyl groups is 1. The molecule has 51 heavy (non-hydrogen) atoms. The molecule has 2 aromatic carbocycles. The van der Waals surface area contributed by atoms with Gasteiger partial charge in [-0.2, -0.15) is 13.2 Å². The number of hydrogen-bond donors (Lipinski definition) is 4. The van der Waals surface area contributed by atoms with E-state index in [1.165, 1.54) is 0 Å². The molecule has 6 rings (SSSR count). The van der Waals surface area contributed by atoms with Crippen molar-refractivity contribution in [3.63, 3.8) is 0 Å². The van der Waals surface area contributed by atoms with E-state index < -0.39 is 42.3 Å². The lowest BCUT2D eigenvalue weighted by molar-refractivity contribution is -0.131. The van der Waals surface area contributed by atoms with Gasteiger partial charge < -0.3 is 34.9 Å². The van der Waals surface area contributed by atoms with E-state index in [0.29, 0.717) is 42.1 Å². The molecule has 0 spiro atoms. The fourth-order valence-corrected chi connectivity index (χ4v) is 7.15. The van der Waals surface area contributed by atoms with Crippen molar-refractivity contribution in [2.45, 2.75) is 83.8 Å².